The van der Waals surface area contributed by atoms with Gasteiger partial charge in [0, 0.05) is 16.8 Å². The van der Waals surface area contributed by atoms with Crippen LogP contribution in [0.15, 0.2) is 18.2 Å². The van der Waals surface area contributed by atoms with Crippen LogP contribution in [-0.4, -0.2) is 0 Å². The Labute approximate surface area is 49.1 Å². The average molecular weight is 126 g/mol. The molecule has 0 N–H and O–H groups in total. The van der Waals surface area contributed by atoms with Crippen molar-refractivity contribution in [3.63, 3.8) is 0 Å². The zero-order chi connectivity index (χ0) is 4.12. The molecule has 0 saturated carbocycles. The molecular weight excluding hydrogens is 119 g/mol. The molecular formula is C5H7Co-. The Morgan fingerprint density at radius 2 is 2.00 bits per heavy atom. The molecule has 0 aliphatic heterocycles. The maximum Gasteiger partial charge on any atom is 0 e. The quantitative estimate of drug-likeness (QED) is 0.369. The maximum atomic E-state index is 4.93. The van der Waals surface area contributed by atoms with E-state index < -0.39 is 0 Å². The number of allylic oxidation sites excluding steroid dienone is 3. The molecule has 6 heavy (non-hydrogen) atoms. The molecule has 0 spiro atoms. The van der Waals surface area contributed by atoms with E-state index >= 15 is 0 Å². The van der Waals surface area contributed by atoms with Crippen molar-refractivity contribution in [3.8, 4) is 0 Å². The van der Waals surface area contributed by atoms with Gasteiger partial charge in [-0.05, 0) is 0 Å². The third-order valence-corrected chi connectivity index (χ3v) is 0.304. The minimum Gasteiger partial charge on any atom is -0.293 e. The van der Waals surface area contributed by atoms with Crippen molar-refractivity contribution in [2.75, 3.05) is 0 Å². The van der Waals surface area contributed by atoms with Crippen molar-refractivity contribution in [2.45, 2.75) is 6.92 Å². The van der Waals surface area contributed by atoms with Gasteiger partial charge in [-0.2, -0.15) is 6.08 Å². The summed E-state index contributed by atoms with van der Waals surface area (Å²) in [6, 6.07) is 0. The van der Waals surface area contributed by atoms with Gasteiger partial charge in [0.1, 0.15) is 0 Å². The van der Waals surface area contributed by atoms with Gasteiger partial charge in [-0.25, -0.2) is 12.2 Å². The van der Waals surface area contributed by atoms with Gasteiger partial charge in [0.25, 0.3) is 0 Å². The summed E-state index contributed by atoms with van der Waals surface area (Å²) in [6.07, 6.45) is 5.15. The standard InChI is InChI=1S/C5H7.Co/c1-3-5-4-2;/h1,3-5H,2H3;/q-1;. The fourth-order valence-corrected chi connectivity index (χ4v) is 0.111. The van der Waals surface area contributed by atoms with Gasteiger partial charge in [0.05, 0.1) is 0 Å². The summed E-state index contributed by atoms with van der Waals surface area (Å²) in [5.41, 5.74) is 0. The first kappa shape index (κ1) is 9.37. The molecule has 1 heteroatoms. The minimum atomic E-state index is 0. The van der Waals surface area contributed by atoms with E-state index in [0.29, 0.717) is 0 Å². The molecule has 1 radical (unpaired) electrons. The first-order chi connectivity index (χ1) is 2.41. The van der Waals surface area contributed by atoms with Gasteiger partial charge >= 0.3 is 0 Å². The zero-order valence-corrected chi connectivity index (χ0v) is 4.68. The van der Waals surface area contributed by atoms with Crippen molar-refractivity contribution in [1.29, 1.82) is 0 Å². The summed E-state index contributed by atoms with van der Waals surface area (Å²) < 4.78 is 0. The summed E-state index contributed by atoms with van der Waals surface area (Å²) in [7, 11) is 0. The van der Waals surface area contributed by atoms with Gasteiger partial charge in [-0.3, -0.25) is 6.58 Å². The third kappa shape index (κ3) is 9.01. The fraction of sp³-hybridized carbons (Fsp3) is 0.200. The Kier molecular flexibility index (Phi) is 13.9. The van der Waals surface area contributed by atoms with E-state index in [0.717, 1.165) is 0 Å². The van der Waals surface area contributed by atoms with Crippen LogP contribution in [0.1, 0.15) is 6.92 Å². The van der Waals surface area contributed by atoms with E-state index in [9.17, 15) is 0 Å². The number of rotatable bonds is 1. The van der Waals surface area contributed by atoms with Gasteiger partial charge in [-0.15, -0.1) is 0 Å². The SMILES string of the molecule is [CH-]=CC=CC.[Co]. The molecule has 0 aromatic heterocycles. The van der Waals surface area contributed by atoms with Crippen LogP contribution >= 0.6 is 0 Å². The average Bonchev–Trinajstić information content (AvgIpc) is 1.41. The molecule has 0 aliphatic carbocycles. The van der Waals surface area contributed by atoms with Crippen LogP contribution < -0.4 is 0 Å². The van der Waals surface area contributed by atoms with Crippen molar-refractivity contribution in [1.82, 2.24) is 0 Å². The topological polar surface area (TPSA) is 0 Å². The van der Waals surface area contributed by atoms with E-state index in [-0.39, 0.29) is 16.8 Å². The largest absolute Gasteiger partial charge is 0.293 e. The molecule has 0 nitrogen and oxygen atoms in total. The van der Waals surface area contributed by atoms with Crippen LogP contribution in [0.4, 0.5) is 0 Å². The molecule has 0 unspecified atom stereocenters. The summed E-state index contributed by atoms with van der Waals surface area (Å²) in [5, 5.41) is 0. The van der Waals surface area contributed by atoms with E-state index in [1.165, 1.54) is 6.08 Å². The number of hydrogen-bond donors (Lipinski definition) is 0. The molecule has 0 rings (SSSR count). The van der Waals surface area contributed by atoms with Crippen LogP contribution in [0.2, 0.25) is 0 Å². The van der Waals surface area contributed by atoms with Crippen molar-refractivity contribution in [3.05, 3.63) is 24.8 Å². The van der Waals surface area contributed by atoms with Gasteiger partial charge in [-0.1, -0.05) is 6.92 Å². The first-order valence-corrected chi connectivity index (χ1v) is 1.58. The van der Waals surface area contributed by atoms with Gasteiger partial charge in [0.15, 0.2) is 0 Å². The Morgan fingerprint density at radius 1 is 1.50 bits per heavy atom. The van der Waals surface area contributed by atoms with Gasteiger partial charge < -0.3 is 0 Å². The van der Waals surface area contributed by atoms with E-state index in [4.69, 9.17) is 6.58 Å². The number of hydrogen-bond acceptors (Lipinski definition) is 0. The van der Waals surface area contributed by atoms with Gasteiger partial charge in [0.2, 0.25) is 0 Å². The first-order valence-electron chi connectivity index (χ1n) is 1.58. The second-order valence-electron chi connectivity index (χ2n) is 0.718. The molecule has 0 aromatic rings. The minimum absolute atomic E-state index is 0. The monoisotopic (exact) mass is 126 g/mol. The summed E-state index contributed by atoms with van der Waals surface area (Å²) in [5.74, 6) is 0. The van der Waals surface area contributed by atoms with E-state index in [1.54, 1.807) is 6.08 Å². The second kappa shape index (κ2) is 8.88. The Bertz CT molecular complexity index is 45.9. The summed E-state index contributed by atoms with van der Waals surface area (Å²) >= 11 is 0. The normalized spacial score (nSPS) is 7.50. The molecule has 0 fully saturated rings. The van der Waals surface area contributed by atoms with Crippen molar-refractivity contribution >= 4 is 0 Å². The molecule has 0 atom stereocenters. The third-order valence-electron chi connectivity index (χ3n) is 0.304. The Morgan fingerprint density at radius 3 is 2.00 bits per heavy atom. The molecule has 0 aliphatic rings. The smallest absolute Gasteiger partial charge is 0 e. The van der Waals surface area contributed by atoms with Crippen molar-refractivity contribution in [2.24, 2.45) is 0 Å². The molecule has 0 saturated heterocycles. The van der Waals surface area contributed by atoms with Crippen LogP contribution in [0.5, 0.6) is 0 Å². The summed E-state index contributed by atoms with van der Waals surface area (Å²) in [6.45, 7) is 6.85. The fourth-order valence-electron chi connectivity index (χ4n) is 0.111. The van der Waals surface area contributed by atoms with Crippen LogP contribution in [0.25, 0.3) is 0 Å². The predicted octanol–water partition coefficient (Wildman–Crippen LogP) is 1.55. The van der Waals surface area contributed by atoms with Crippen LogP contribution in [0.3, 0.4) is 0 Å². The zero-order valence-electron chi connectivity index (χ0n) is 3.64. The molecule has 0 heterocycles. The Hall–Kier alpha value is -0.0135. The molecule has 0 bridgehead atoms. The maximum absolute atomic E-state index is 4.93. The molecule has 37 valence electrons. The van der Waals surface area contributed by atoms with E-state index in [1.807, 2.05) is 13.0 Å². The summed E-state index contributed by atoms with van der Waals surface area (Å²) in [4.78, 5) is 0. The van der Waals surface area contributed by atoms with E-state index in [2.05, 4.69) is 0 Å². The van der Waals surface area contributed by atoms with Crippen LogP contribution in [-0.2, 0) is 16.8 Å². The molecule has 0 aromatic carbocycles. The molecule has 0 amide bonds. The predicted molar refractivity (Wildman–Crippen MR) is 23.7 cm³/mol. The van der Waals surface area contributed by atoms with Crippen molar-refractivity contribution < 1.29 is 16.8 Å². The van der Waals surface area contributed by atoms with Crippen LogP contribution in [0, 0.1) is 6.58 Å². The Balaban J connectivity index is 0. The second-order valence-corrected chi connectivity index (χ2v) is 0.718.